The number of carbonyl (C=O) groups excluding carboxylic acids is 1. The molecule has 0 unspecified atom stereocenters. The molecule has 18 heavy (non-hydrogen) atoms. The first kappa shape index (κ1) is 17.2. The van der Waals surface area contributed by atoms with Crippen LogP contribution in [0.1, 0.15) is 58.8 Å². The molecule has 106 valence electrons. The summed E-state index contributed by atoms with van der Waals surface area (Å²) >= 11 is 0. The molecule has 0 saturated carbocycles. The van der Waals surface area contributed by atoms with Gasteiger partial charge in [0.25, 0.3) is 5.91 Å². The van der Waals surface area contributed by atoms with Crippen molar-refractivity contribution in [2.45, 2.75) is 58.8 Å². The summed E-state index contributed by atoms with van der Waals surface area (Å²) in [6.45, 7) is 4.07. The van der Waals surface area contributed by atoms with E-state index in [0.717, 1.165) is 32.1 Å². The molecule has 0 heterocycles. The van der Waals surface area contributed by atoms with Crippen LogP contribution in [0.5, 0.6) is 0 Å². The summed E-state index contributed by atoms with van der Waals surface area (Å²) < 4.78 is 23.9. The standard InChI is InChI=1S/C13H25NO3S/c1-3-5-7-8-10-12(13(14)15)18(16,17)11-9-6-4-2/h10H,3-9,11H2,1-2H3,(H2,14,15). The van der Waals surface area contributed by atoms with Crippen LogP contribution in [0.15, 0.2) is 11.0 Å². The van der Waals surface area contributed by atoms with Crippen LogP contribution in [-0.4, -0.2) is 20.1 Å². The van der Waals surface area contributed by atoms with Crippen LogP contribution in [0.3, 0.4) is 0 Å². The van der Waals surface area contributed by atoms with Crippen LogP contribution in [0.25, 0.3) is 0 Å². The minimum Gasteiger partial charge on any atom is -0.365 e. The van der Waals surface area contributed by atoms with E-state index in [1.807, 2.05) is 6.92 Å². The van der Waals surface area contributed by atoms with Crippen molar-refractivity contribution in [3.8, 4) is 0 Å². The lowest BCUT2D eigenvalue weighted by Crippen LogP contribution is -2.23. The maximum absolute atomic E-state index is 11.9. The van der Waals surface area contributed by atoms with Gasteiger partial charge in [0.2, 0.25) is 0 Å². The fraction of sp³-hybridized carbons (Fsp3) is 0.769. The molecule has 4 nitrogen and oxygen atoms in total. The number of unbranched alkanes of at least 4 members (excludes halogenated alkanes) is 5. The first-order chi connectivity index (χ1) is 8.45. The molecule has 0 fully saturated rings. The summed E-state index contributed by atoms with van der Waals surface area (Å²) in [7, 11) is -3.49. The lowest BCUT2D eigenvalue weighted by atomic mass is 10.2. The van der Waals surface area contributed by atoms with E-state index in [0.29, 0.717) is 12.8 Å². The van der Waals surface area contributed by atoms with Gasteiger partial charge >= 0.3 is 0 Å². The second kappa shape index (κ2) is 9.14. The first-order valence-corrected chi connectivity index (χ1v) is 8.33. The largest absolute Gasteiger partial charge is 0.365 e. The van der Waals surface area contributed by atoms with Gasteiger partial charge in [-0.05, 0) is 19.3 Å². The van der Waals surface area contributed by atoms with E-state index in [4.69, 9.17) is 5.73 Å². The number of carbonyl (C=O) groups is 1. The molecule has 0 aromatic heterocycles. The minimum absolute atomic E-state index is 0.0173. The van der Waals surface area contributed by atoms with E-state index in [2.05, 4.69) is 6.92 Å². The van der Waals surface area contributed by atoms with Gasteiger partial charge in [0.15, 0.2) is 9.84 Å². The smallest absolute Gasteiger partial charge is 0.259 e. The second-order valence-electron chi connectivity index (χ2n) is 4.45. The third kappa shape index (κ3) is 6.79. The van der Waals surface area contributed by atoms with Crippen LogP contribution in [0.4, 0.5) is 0 Å². The van der Waals surface area contributed by atoms with Crippen molar-refractivity contribution in [3.63, 3.8) is 0 Å². The predicted molar refractivity (Wildman–Crippen MR) is 74.7 cm³/mol. The van der Waals surface area contributed by atoms with Gasteiger partial charge in [0, 0.05) is 0 Å². The van der Waals surface area contributed by atoms with Gasteiger partial charge in [-0.2, -0.15) is 0 Å². The zero-order valence-electron chi connectivity index (χ0n) is 11.4. The summed E-state index contributed by atoms with van der Waals surface area (Å²) in [5, 5.41) is 0. The average Bonchev–Trinajstić information content (AvgIpc) is 2.28. The molecule has 0 aliphatic heterocycles. The van der Waals surface area contributed by atoms with Crippen LogP contribution >= 0.6 is 0 Å². The Morgan fingerprint density at radius 3 is 2.11 bits per heavy atom. The maximum atomic E-state index is 11.9. The third-order valence-electron chi connectivity index (χ3n) is 2.73. The number of allylic oxidation sites excluding steroid dienone is 1. The van der Waals surface area contributed by atoms with Gasteiger partial charge in [-0.15, -0.1) is 0 Å². The van der Waals surface area contributed by atoms with E-state index < -0.39 is 15.7 Å². The van der Waals surface area contributed by atoms with Crippen LogP contribution in [0.2, 0.25) is 0 Å². The molecule has 0 aromatic carbocycles. The van der Waals surface area contributed by atoms with Gasteiger partial charge in [-0.3, -0.25) is 4.79 Å². The zero-order chi connectivity index (χ0) is 14.0. The topological polar surface area (TPSA) is 77.2 Å². The number of rotatable bonds is 10. The highest BCUT2D eigenvalue weighted by atomic mass is 32.2. The lowest BCUT2D eigenvalue weighted by Gasteiger charge is -2.05. The molecule has 2 N–H and O–H groups in total. The van der Waals surface area contributed by atoms with Crippen LogP contribution in [0, 0.1) is 0 Å². The summed E-state index contributed by atoms with van der Waals surface area (Å²) in [5.41, 5.74) is 5.16. The first-order valence-electron chi connectivity index (χ1n) is 6.68. The number of sulfone groups is 1. The summed E-state index contributed by atoms with van der Waals surface area (Å²) in [4.78, 5) is 11.0. The fourth-order valence-electron chi connectivity index (χ4n) is 1.66. The predicted octanol–water partition coefficient (Wildman–Crippen LogP) is 2.54. The van der Waals surface area contributed by atoms with E-state index >= 15 is 0 Å². The van der Waals surface area contributed by atoms with Crippen molar-refractivity contribution >= 4 is 15.7 Å². The Labute approximate surface area is 111 Å². The van der Waals surface area contributed by atoms with Crippen LogP contribution < -0.4 is 5.73 Å². The molecule has 0 aromatic rings. The molecule has 0 aliphatic carbocycles. The average molecular weight is 275 g/mol. The second-order valence-corrected chi connectivity index (χ2v) is 6.53. The Hall–Kier alpha value is -0.840. The number of primary amides is 1. The number of hydrogen-bond acceptors (Lipinski definition) is 3. The van der Waals surface area contributed by atoms with Crippen molar-refractivity contribution in [1.82, 2.24) is 0 Å². The van der Waals surface area contributed by atoms with Crippen molar-refractivity contribution in [2.75, 3.05) is 5.75 Å². The molecule has 0 bridgehead atoms. The number of amides is 1. The highest BCUT2D eigenvalue weighted by Crippen LogP contribution is 2.13. The SMILES string of the molecule is CCCCCC=C(C(N)=O)S(=O)(=O)CCCCC. The van der Waals surface area contributed by atoms with E-state index in [1.54, 1.807) is 0 Å². The molecule has 0 saturated heterocycles. The highest BCUT2D eigenvalue weighted by Gasteiger charge is 2.21. The van der Waals surface area contributed by atoms with Gasteiger partial charge < -0.3 is 5.73 Å². The fourth-order valence-corrected chi connectivity index (χ4v) is 3.14. The summed E-state index contributed by atoms with van der Waals surface area (Å²) in [5.74, 6) is -0.813. The molecular formula is C13H25NO3S. The zero-order valence-corrected chi connectivity index (χ0v) is 12.3. The van der Waals surface area contributed by atoms with Gasteiger partial charge in [0.1, 0.15) is 4.91 Å². The Kier molecular flexibility index (Phi) is 8.71. The number of hydrogen-bond donors (Lipinski definition) is 1. The van der Waals surface area contributed by atoms with Crippen LogP contribution in [-0.2, 0) is 14.6 Å². The Morgan fingerprint density at radius 2 is 1.61 bits per heavy atom. The van der Waals surface area contributed by atoms with E-state index in [9.17, 15) is 13.2 Å². The highest BCUT2D eigenvalue weighted by molar-refractivity contribution is 7.96. The Bertz CT molecular complexity index is 372. The number of nitrogens with two attached hydrogens (primary N) is 1. The van der Waals surface area contributed by atoms with Crippen molar-refractivity contribution in [3.05, 3.63) is 11.0 Å². The Morgan fingerprint density at radius 1 is 1.06 bits per heavy atom. The summed E-state index contributed by atoms with van der Waals surface area (Å²) in [6, 6.07) is 0. The maximum Gasteiger partial charge on any atom is 0.259 e. The third-order valence-corrected chi connectivity index (χ3v) is 4.60. The van der Waals surface area contributed by atoms with Gasteiger partial charge in [-0.1, -0.05) is 45.6 Å². The molecule has 1 amide bonds. The van der Waals surface area contributed by atoms with E-state index in [1.165, 1.54) is 6.08 Å². The minimum atomic E-state index is -3.49. The quantitative estimate of drug-likeness (QED) is 0.491. The Balaban J connectivity index is 4.61. The van der Waals surface area contributed by atoms with E-state index in [-0.39, 0.29) is 10.7 Å². The monoisotopic (exact) mass is 275 g/mol. The lowest BCUT2D eigenvalue weighted by molar-refractivity contribution is -0.113. The van der Waals surface area contributed by atoms with Crippen molar-refractivity contribution in [2.24, 2.45) is 5.73 Å². The molecule has 0 rings (SSSR count). The van der Waals surface area contributed by atoms with Gasteiger partial charge in [-0.25, -0.2) is 8.42 Å². The molecule has 0 spiro atoms. The molecule has 0 aliphatic rings. The van der Waals surface area contributed by atoms with Crippen molar-refractivity contribution in [1.29, 1.82) is 0 Å². The van der Waals surface area contributed by atoms with Gasteiger partial charge in [0.05, 0.1) is 5.75 Å². The summed E-state index contributed by atoms with van der Waals surface area (Å²) in [6.07, 6.45) is 7.43. The normalized spacial score (nSPS) is 12.7. The van der Waals surface area contributed by atoms with Crippen molar-refractivity contribution < 1.29 is 13.2 Å². The molecule has 0 atom stereocenters. The molecule has 0 radical (unpaired) electrons. The molecular weight excluding hydrogens is 250 g/mol. The molecule has 5 heteroatoms.